The van der Waals surface area contributed by atoms with Gasteiger partial charge in [0.05, 0.1) is 0 Å². The van der Waals surface area contributed by atoms with E-state index >= 15 is 0 Å². The van der Waals surface area contributed by atoms with E-state index in [9.17, 15) is 4.79 Å². The summed E-state index contributed by atoms with van der Waals surface area (Å²) in [5.41, 5.74) is 0.841. The lowest BCUT2D eigenvalue weighted by atomic mass is 10.3. The Balaban J connectivity index is 2.57. The van der Waals surface area contributed by atoms with Gasteiger partial charge in [-0.2, -0.15) is 0 Å². The Kier molecular flexibility index (Phi) is 4.68. The van der Waals surface area contributed by atoms with Crippen molar-refractivity contribution in [2.75, 3.05) is 6.54 Å². The molecule has 0 atom stereocenters. The maximum Gasteiger partial charge on any atom is 0.253 e. The van der Waals surface area contributed by atoms with Crippen LogP contribution in [-0.2, 0) is 6.54 Å². The normalized spacial score (nSPS) is 11.1. The minimum absolute atomic E-state index is 0.0505. The van der Waals surface area contributed by atoms with Gasteiger partial charge in [-0.15, -0.1) is 0 Å². The van der Waals surface area contributed by atoms with Crippen molar-refractivity contribution in [2.24, 2.45) is 0 Å². The van der Waals surface area contributed by atoms with Crippen LogP contribution < -0.4 is 10.9 Å². The summed E-state index contributed by atoms with van der Waals surface area (Å²) in [5.74, 6) is 0.801. The van der Waals surface area contributed by atoms with Crippen molar-refractivity contribution in [2.45, 2.75) is 46.7 Å². The summed E-state index contributed by atoms with van der Waals surface area (Å²) in [5, 5.41) is 3.33. The number of aryl methyl sites for hydroxylation is 2. The van der Waals surface area contributed by atoms with Crippen molar-refractivity contribution in [1.82, 2.24) is 14.9 Å². The Labute approximate surface area is 96.7 Å². The van der Waals surface area contributed by atoms with Crippen LogP contribution in [0, 0.1) is 13.8 Å². The zero-order valence-electron chi connectivity index (χ0n) is 10.6. The molecule has 0 amide bonds. The lowest BCUT2D eigenvalue weighted by Crippen LogP contribution is -2.28. The van der Waals surface area contributed by atoms with Crippen LogP contribution in [-0.4, -0.2) is 22.1 Å². The number of hydrogen-bond donors (Lipinski definition) is 1. The van der Waals surface area contributed by atoms with Crippen molar-refractivity contribution in [3.8, 4) is 0 Å². The van der Waals surface area contributed by atoms with Crippen LogP contribution in [0.15, 0.2) is 10.9 Å². The molecule has 1 aromatic rings. The van der Waals surface area contributed by atoms with Gasteiger partial charge < -0.3 is 5.32 Å². The van der Waals surface area contributed by atoms with Crippen LogP contribution >= 0.6 is 0 Å². The Hall–Kier alpha value is -1.16. The van der Waals surface area contributed by atoms with Crippen molar-refractivity contribution in [3.63, 3.8) is 0 Å². The van der Waals surface area contributed by atoms with E-state index in [0.717, 1.165) is 31.0 Å². The largest absolute Gasteiger partial charge is 0.314 e. The molecule has 16 heavy (non-hydrogen) atoms. The van der Waals surface area contributed by atoms with Gasteiger partial charge in [-0.3, -0.25) is 9.36 Å². The predicted octanol–water partition coefficient (Wildman–Crippen LogP) is 1.25. The maximum atomic E-state index is 11.7. The van der Waals surface area contributed by atoms with Gasteiger partial charge in [0.2, 0.25) is 0 Å². The Morgan fingerprint density at radius 2 is 2.12 bits per heavy atom. The fourth-order valence-corrected chi connectivity index (χ4v) is 1.66. The van der Waals surface area contributed by atoms with E-state index in [1.165, 1.54) is 0 Å². The molecule has 1 N–H and O–H groups in total. The van der Waals surface area contributed by atoms with Crippen LogP contribution in [0.4, 0.5) is 0 Å². The molecule has 1 aromatic heterocycles. The molecule has 1 heterocycles. The van der Waals surface area contributed by atoms with Crippen molar-refractivity contribution in [3.05, 3.63) is 27.9 Å². The molecule has 90 valence electrons. The molecule has 0 aromatic carbocycles. The van der Waals surface area contributed by atoms with E-state index in [2.05, 4.69) is 24.1 Å². The summed E-state index contributed by atoms with van der Waals surface area (Å²) in [6.45, 7) is 9.62. The van der Waals surface area contributed by atoms with Crippen LogP contribution in [0.25, 0.3) is 0 Å². The van der Waals surface area contributed by atoms with Crippen molar-refractivity contribution >= 4 is 0 Å². The van der Waals surface area contributed by atoms with Gasteiger partial charge in [-0.1, -0.05) is 13.8 Å². The summed E-state index contributed by atoms with van der Waals surface area (Å²) in [6.07, 6.45) is 0.948. The number of nitrogens with one attached hydrogen (secondary N) is 1. The minimum Gasteiger partial charge on any atom is -0.314 e. The molecule has 0 spiro atoms. The summed E-state index contributed by atoms with van der Waals surface area (Å²) >= 11 is 0. The highest BCUT2D eigenvalue weighted by atomic mass is 16.1. The summed E-state index contributed by atoms with van der Waals surface area (Å²) in [4.78, 5) is 16.0. The van der Waals surface area contributed by atoms with E-state index < -0.39 is 0 Å². The fraction of sp³-hybridized carbons (Fsp3) is 0.667. The first kappa shape index (κ1) is 12.9. The lowest BCUT2D eigenvalue weighted by molar-refractivity contribution is 0.520. The average Bonchev–Trinajstić information content (AvgIpc) is 2.14. The number of hydrogen-bond acceptors (Lipinski definition) is 3. The van der Waals surface area contributed by atoms with E-state index in [1.807, 2.05) is 13.8 Å². The maximum absolute atomic E-state index is 11.7. The summed E-state index contributed by atoms with van der Waals surface area (Å²) < 4.78 is 1.73. The standard InChI is InChI=1S/C12H21N3O/c1-9(2)13-6-5-7-15-11(4)14-10(3)8-12(15)16/h8-9,13H,5-7H2,1-4H3. The topological polar surface area (TPSA) is 46.9 Å². The Bertz CT molecular complexity index is 396. The molecule has 0 bridgehead atoms. The van der Waals surface area contributed by atoms with Crippen molar-refractivity contribution < 1.29 is 0 Å². The molecule has 0 saturated heterocycles. The second kappa shape index (κ2) is 5.80. The SMILES string of the molecule is Cc1cc(=O)n(CCCNC(C)C)c(C)n1. The minimum atomic E-state index is 0.0505. The smallest absolute Gasteiger partial charge is 0.253 e. The highest BCUT2D eigenvalue weighted by Gasteiger charge is 2.02. The van der Waals surface area contributed by atoms with Gasteiger partial charge >= 0.3 is 0 Å². The molecule has 0 aliphatic rings. The molecule has 0 aliphatic heterocycles. The molecular weight excluding hydrogens is 202 g/mol. The van der Waals surface area contributed by atoms with Gasteiger partial charge in [0, 0.05) is 24.3 Å². The molecule has 1 rings (SSSR count). The average molecular weight is 223 g/mol. The van der Waals surface area contributed by atoms with E-state index in [1.54, 1.807) is 10.6 Å². The van der Waals surface area contributed by atoms with Gasteiger partial charge in [-0.25, -0.2) is 4.98 Å². The first-order chi connectivity index (χ1) is 7.50. The van der Waals surface area contributed by atoms with Crippen molar-refractivity contribution in [1.29, 1.82) is 0 Å². The number of rotatable bonds is 5. The monoisotopic (exact) mass is 223 g/mol. The molecule has 4 heteroatoms. The van der Waals surface area contributed by atoms with E-state index in [0.29, 0.717) is 6.04 Å². The van der Waals surface area contributed by atoms with E-state index in [-0.39, 0.29) is 5.56 Å². The molecule has 0 aliphatic carbocycles. The molecule has 0 unspecified atom stereocenters. The fourth-order valence-electron chi connectivity index (χ4n) is 1.66. The summed E-state index contributed by atoms with van der Waals surface area (Å²) in [6, 6.07) is 2.08. The Morgan fingerprint density at radius 1 is 1.44 bits per heavy atom. The van der Waals surface area contributed by atoms with E-state index in [4.69, 9.17) is 0 Å². The second-order valence-corrected chi connectivity index (χ2v) is 4.40. The zero-order valence-corrected chi connectivity index (χ0v) is 10.6. The predicted molar refractivity (Wildman–Crippen MR) is 65.7 cm³/mol. The highest BCUT2D eigenvalue weighted by molar-refractivity contribution is 5.01. The lowest BCUT2D eigenvalue weighted by Gasteiger charge is -2.11. The third-order valence-electron chi connectivity index (χ3n) is 2.44. The number of nitrogens with zero attached hydrogens (tertiary/aromatic N) is 2. The van der Waals surface area contributed by atoms with Gasteiger partial charge in [0.1, 0.15) is 5.82 Å². The Morgan fingerprint density at radius 3 is 2.69 bits per heavy atom. The third kappa shape index (κ3) is 3.77. The zero-order chi connectivity index (χ0) is 12.1. The van der Waals surface area contributed by atoms with Crippen LogP contribution in [0.3, 0.4) is 0 Å². The second-order valence-electron chi connectivity index (χ2n) is 4.40. The highest BCUT2D eigenvalue weighted by Crippen LogP contribution is 1.95. The van der Waals surface area contributed by atoms with Gasteiger partial charge in [0.15, 0.2) is 0 Å². The third-order valence-corrected chi connectivity index (χ3v) is 2.44. The van der Waals surface area contributed by atoms with Gasteiger partial charge in [0.25, 0.3) is 5.56 Å². The molecule has 0 fully saturated rings. The molecule has 0 radical (unpaired) electrons. The van der Waals surface area contributed by atoms with Gasteiger partial charge in [-0.05, 0) is 26.8 Å². The first-order valence-corrected chi connectivity index (χ1v) is 5.79. The van der Waals surface area contributed by atoms with Crippen LogP contribution in [0.5, 0.6) is 0 Å². The van der Waals surface area contributed by atoms with Crippen LogP contribution in [0.2, 0.25) is 0 Å². The molecule has 0 saturated carbocycles. The summed E-state index contributed by atoms with van der Waals surface area (Å²) in [7, 11) is 0. The molecule has 4 nitrogen and oxygen atoms in total. The first-order valence-electron chi connectivity index (χ1n) is 5.79. The van der Waals surface area contributed by atoms with Crippen LogP contribution in [0.1, 0.15) is 31.8 Å². The molecular formula is C12H21N3O. The number of aromatic nitrogens is 2. The quantitative estimate of drug-likeness (QED) is 0.764.